The number of para-hydroxylation sites is 3. The van der Waals surface area contributed by atoms with Gasteiger partial charge in [0.05, 0.1) is 0 Å². The quantitative estimate of drug-likeness (QED) is 0.608. The van der Waals surface area contributed by atoms with Crippen molar-refractivity contribution in [1.82, 2.24) is 10.3 Å². The number of nitrogens with one attached hydrogen (secondary N) is 1. The van der Waals surface area contributed by atoms with E-state index in [1.54, 1.807) is 0 Å². The zero-order chi connectivity index (χ0) is 16.7. The standard InChI is InChI=1S/C19H16N2O3/c1-11-13-7-3-5-9-15(13)23-17(11)18(22)20-12(2)19-21-14-8-4-6-10-16(14)24-19/h3-10,12H,1-2H3,(H,20,22). The molecule has 0 spiro atoms. The van der Waals surface area contributed by atoms with Crippen molar-refractivity contribution >= 4 is 28.0 Å². The Hall–Kier alpha value is -3.08. The summed E-state index contributed by atoms with van der Waals surface area (Å²) in [6.07, 6.45) is 0. The first-order chi connectivity index (χ1) is 11.6. The highest BCUT2D eigenvalue weighted by Crippen LogP contribution is 2.26. The minimum Gasteiger partial charge on any atom is -0.451 e. The molecule has 0 fully saturated rings. The maximum atomic E-state index is 12.6. The predicted molar refractivity (Wildman–Crippen MR) is 90.8 cm³/mol. The number of amides is 1. The van der Waals surface area contributed by atoms with Crippen LogP contribution in [0, 0.1) is 6.92 Å². The monoisotopic (exact) mass is 320 g/mol. The van der Waals surface area contributed by atoms with Gasteiger partial charge in [0.25, 0.3) is 5.91 Å². The van der Waals surface area contributed by atoms with Crippen molar-refractivity contribution < 1.29 is 13.6 Å². The highest BCUT2D eigenvalue weighted by Gasteiger charge is 2.21. The Bertz CT molecular complexity index is 1010. The molecule has 1 amide bonds. The molecule has 120 valence electrons. The van der Waals surface area contributed by atoms with Crippen LogP contribution in [0.15, 0.2) is 57.4 Å². The van der Waals surface area contributed by atoms with Gasteiger partial charge in [-0.3, -0.25) is 4.79 Å². The fourth-order valence-electron chi connectivity index (χ4n) is 2.79. The predicted octanol–water partition coefficient (Wildman–Crippen LogP) is 4.37. The number of oxazole rings is 1. The topological polar surface area (TPSA) is 68.3 Å². The van der Waals surface area contributed by atoms with Gasteiger partial charge >= 0.3 is 0 Å². The third-order valence-corrected chi connectivity index (χ3v) is 4.08. The summed E-state index contributed by atoms with van der Waals surface area (Å²) in [5, 5.41) is 3.83. The number of hydrogen-bond donors (Lipinski definition) is 1. The number of benzene rings is 2. The minimum atomic E-state index is -0.363. The van der Waals surface area contributed by atoms with E-state index in [0.29, 0.717) is 22.8 Å². The van der Waals surface area contributed by atoms with Gasteiger partial charge in [0.1, 0.15) is 17.1 Å². The number of carbonyl (C=O) groups excluding carboxylic acids is 1. The molecule has 0 saturated carbocycles. The van der Waals surface area contributed by atoms with Gasteiger partial charge in [0.2, 0.25) is 5.89 Å². The maximum absolute atomic E-state index is 12.6. The summed E-state index contributed by atoms with van der Waals surface area (Å²) < 4.78 is 11.4. The Labute approximate surface area is 138 Å². The first kappa shape index (κ1) is 14.5. The molecule has 0 saturated heterocycles. The molecule has 4 aromatic rings. The van der Waals surface area contributed by atoms with Crippen LogP contribution in [-0.2, 0) is 0 Å². The van der Waals surface area contributed by atoms with Crippen LogP contribution < -0.4 is 5.32 Å². The molecule has 2 aromatic heterocycles. The molecule has 2 aromatic carbocycles. The first-order valence-corrected chi connectivity index (χ1v) is 7.78. The zero-order valence-electron chi connectivity index (χ0n) is 13.4. The molecule has 5 nitrogen and oxygen atoms in total. The van der Waals surface area contributed by atoms with Gasteiger partial charge < -0.3 is 14.2 Å². The van der Waals surface area contributed by atoms with Crippen LogP contribution in [0.4, 0.5) is 0 Å². The largest absolute Gasteiger partial charge is 0.451 e. The number of furan rings is 1. The maximum Gasteiger partial charge on any atom is 0.287 e. The average Bonchev–Trinajstić information content (AvgIpc) is 3.17. The SMILES string of the molecule is Cc1c(C(=O)NC(C)c2nc3ccccc3o2)oc2ccccc12. The smallest absolute Gasteiger partial charge is 0.287 e. The molecule has 0 bridgehead atoms. The number of rotatable bonds is 3. The summed E-state index contributed by atoms with van der Waals surface area (Å²) in [7, 11) is 0. The van der Waals surface area contributed by atoms with Crippen LogP contribution in [-0.4, -0.2) is 10.9 Å². The summed E-state index contributed by atoms with van der Waals surface area (Å²) in [6.45, 7) is 3.71. The highest BCUT2D eigenvalue weighted by molar-refractivity contribution is 5.99. The van der Waals surface area contributed by atoms with E-state index < -0.39 is 0 Å². The second kappa shape index (κ2) is 5.53. The number of nitrogens with zero attached hydrogens (tertiary/aromatic N) is 1. The van der Waals surface area contributed by atoms with Gasteiger partial charge in [-0.05, 0) is 32.0 Å². The van der Waals surface area contributed by atoms with Gasteiger partial charge in [-0.15, -0.1) is 0 Å². The average molecular weight is 320 g/mol. The van der Waals surface area contributed by atoms with E-state index in [9.17, 15) is 4.79 Å². The molecule has 0 radical (unpaired) electrons. The first-order valence-electron chi connectivity index (χ1n) is 7.78. The molecular weight excluding hydrogens is 304 g/mol. The van der Waals surface area contributed by atoms with E-state index in [1.165, 1.54) is 0 Å². The van der Waals surface area contributed by atoms with E-state index in [2.05, 4.69) is 10.3 Å². The van der Waals surface area contributed by atoms with E-state index in [0.717, 1.165) is 16.5 Å². The lowest BCUT2D eigenvalue weighted by Gasteiger charge is -2.09. The highest BCUT2D eigenvalue weighted by atomic mass is 16.4. The summed E-state index contributed by atoms with van der Waals surface area (Å²) in [4.78, 5) is 17.0. The van der Waals surface area contributed by atoms with Crippen molar-refractivity contribution in [3.8, 4) is 0 Å². The van der Waals surface area contributed by atoms with Gasteiger partial charge in [0.15, 0.2) is 11.3 Å². The second-order valence-electron chi connectivity index (χ2n) is 5.77. The molecule has 0 aliphatic rings. The van der Waals surface area contributed by atoms with Crippen LogP contribution in [0.25, 0.3) is 22.1 Å². The second-order valence-corrected chi connectivity index (χ2v) is 5.77. The van der Waals surface area contributed by atoms with E-state index in [4.69, 9.17) is 8.83 Å². The molecule has 24 heavy (non-hydrogen) atoms. The number of aryl methyl sites for hydroxylation is 1. The van der Waals surface area contributed by atoms with Crippen molar-refractivity contribution in [1.29, 1.82) is 0 Å². The summed E-state index contributed by atoms with van der Waals surface area (Å²) in [5.41, 5.74) is 3.00. The molecule has 2 heterocycles. The molecule has 0 aliphatic carbocycles. The van der Waals surface area contributed by atoms with Gasteiger partial charge in [-0.2, -0.15) is 0 Å². The van der Waals surface area contributed by atoms with E-state index in [1.807, 2.05) is 62.4 Å². The zero-order valence-corrected chi connectivity index (χ0v) is 13.4. The molecule has 5 heteroatoms. The molecule has 1 atom stereocenters. The van der Waals surface area contributed by atoms with E-state index >= 15 is 0 Å². The Morgan fingerprint density at radius 1 is 1.04 bits per heavy atom. The van der Waals surface area contributed by atoms with Gasteiger partial charge in [-0.25, -0.2) is 4.98 Å². The molecule has 0 aliphatic heterocycles. The van der Waals surface area contributed by atoms with E-state index in [-0.39, 0.29) is 11.9 Å². The Morgan fingerprint density at radius 2 is 1.75 bits per heavy atom. The number of aromatic nitrogens is 1. The number of hydrogen-bond acceptors (Lipinski definition) is 4. The lowest BCUT2D eigenvalue weighted by molar-refractivity contribution is 0.0908. The summed E-state index contributed by atoms with van der Waals surface area (Å²) in [5.74, 6) is 0.510. The van der Waals surface area contributed by atoms with Crippen LogP contribution in [0.1, 0.15) is 35.0 Å². The van der Waals surface area contributed by atoms with Crippen LogP contribution in [0.3, 0.4) is 0 Å². The normalized spacial score (nSPS) is 12.6. The van der Waals surface area contributed by atoms with Crippen LogP contribution in [0.2, 0.25) is 0 Å². The molecule has 1 unspecified atom stereocenters. The number of carbonyl (C=O) groups is 1. The summed E-state index contributed by atoms with van der Waals surface area (Å²) in [6, 6.07) is 14.7. The fourth-order valence-corrected chi connectivity index (χ4v) is 2.79. The third-order valence-electron chi connectivity index (χ3n) is 4.08. The van der Waals surface area contributed by atoms with Gasteiger partial charge in [0, 0.05) is 10.9 Å². The lowest BCUT2D eigenvalue weighted by atomic mass is 10.1. The Morgan fingerprint density at radius 3 is 2.50 bits per heavy atom. The van der Waals surface area contributed by atoms with Crippen molar-refractivity contribution in [2.75, 3.05) is 0 Å². The van der Waals surface area contributed by atoms with Crippen molar-refractivity contribution in [2.24, 2.45) is 0 Å². The minimum absolute atomic E-state index is 0.279. The number of fused-ring (bicyclic) bond motifs is 2. The lowest BCUT2D eigenvalue weighted by Crippen LogP contribution is -2.27. The molecular formula is C19H16N2O3. The van der Waals surface area contributed by atoms with Crippen molar-refractivity contribution in [3.05, 3.63) is 65.7 Å². The van der Waals surface area contributed by atoms with Gasteiger partial charge in [-0.1, -0.05) is 30.3 Å². The fraction of sp³-hybridized carbons (Fsp3) is 0.158. The third kappa shape index (κ3) is 2.34. The summed E-state index contributed by atoms with van der Waals surface area (Å²) >= 11 is 0. The van der Waals surface area contributed by atoms with Crippen molar-refractivity contribution in [3.63, 3.8) is 0 Å². The Balaban J connectivity index is 1.61. The molecule has 1 N–H and O–H groups in total. The molecule has 4 rings (SSSR count). The van der Waals surface area contributed by atoms with Crippen molar-refractivity contribution in [2.45, 2.75) is 19.9 Å². The Kier molecular flexibility index (Phi) is 3.34. The van der Waals surface area contributed by atoms with Crippen LogP contribution in [0.5, 0.6) is 0 Å². The van der Waals surface area contributed by atoms with Crippen LogP contribution >= 0.6 is 0 Å².